The lowest BCUT2D eigenvalue weighted by atomic mass is 10.1. The summed E-state index contributed by atoms with van der Waals surface area (Å²) in [7, 11) is 0. The van der Waals surface area contributed by atoms with Crippen LogP contribution in [-0.2, 0) is 11.2 Å². The fourth-order valence-electron chi connectivity index (χ4n) is 2.25. The minimum Gasteiger partial charge on any atom is -0.324 e. The zero-order chi connectivity index (χ0) is 13.2. The first-order valence-electron chi connectivity index (χ1n) is 6.04. The summed E-state index contributed by atoms with van der Waals surface area (Å²) >= 11 is 0. The van der Waals surface area contributed by atoms with Crippen LogP contribution < -0.4 is 5.32 Å². The number of aryl methyl sites for hydroxylation is 1. The van der Waals surface area contributed by atoms with E-state index >= 15 is 0 Å². The number of para-hydroxylation sites is 1. The van der Waals surface area contributed by atoms with E-state index in [1.807, 2.05) is 24.3 Å². The number of benzene rings is 1. The molecule has 1 aromatic heterocycles. The van der Waals surface area contributed by atoms with E-state index < -0.39 is 6.04 Å². The fraction of sp³-hybridized carbons (Fsp3) is 0.231. The van der Waals surface area contributed by atoms with Gasteiger partial charge in [0.05, 0.1) is 6.20 Å². The number of fused-ring (bicyclic) bond motifs is 1. The Morgan fingerprint density at radius 2 is 2.21 bits per heavy atom. The molecule has 0 saturated heterocycles. The zero-order valence-electron chi connectivity index (χ0n) is 10.1. The molecule has 6 heteroatoms. The third kappa shape index (κ3) is 2.12. The van der Waals surface area contributed by atoms with Gasteiger partial charge in [-0.15, -0.1) is 5.10 Å². The van der Waals surface area contributed by atoms with Crippen LogP contribution in [0.15, 0.2) is 30.5 Å². The monoisotopic (exact) mass is 256 g/mol. The Kier molecular flexibility index (Phi) is 2.83. The smallest absolute Gasteiger partial charge is 0.249 e. The Labute approximate surface area is 109 Å². The number of carbonyl (C=O) groups is 2. The molecule has 0 saturated carbocycles. The van der Waals surface area contributed by atoms with Gasteiger partial charge in [0.25, 0.3) is 0 Å². The number of aldehydes is 1. The van der Waals surface area contributed by atoms with Crippen molar-refractivity contribution in [3.63, 3.8) is 0 Å². The van der Waals surface area contributed by atoms with Crippen LogP contribution in [0.3, 0.4) is 0 Å². The number of nitrogens with one attached hydrogen (secondary N) is 1. The Morgan fingerprint density at radius 1 is 1.37 bits per heavy atom. The molecule has 0 spiro atoms. The second-order valence-electron chi connectivity index (χ2n) is 4.44. The number of aromatic nitrogens is 3. The van der Waals surface area contributed by atoms with Crippen LogP contribution in [-0.4, -0.2) is 27.2 Å². The molecule has 6 nitrogen and oxygen atoms in total. The molecule has 0 radical (unpaired) electrons. The molecule has 1 aliphatic heterocycles. The van der Waals surface area contributed by atoms with Crippen molar-refractivity contribution < 1.29 is 9.59 Å². The largest absolute Gasteiger partial charge is 0.324 e. The molecular weight excluding hydrogens is 244 g/mol. The van der Waals surface area contributed by atoms with Gasteiger partial charge in [-0.3, -0.25) is 9.59 Å². The summed E-state index contributed by atoms with van der Waals surface area (Å²) in [4.78, 5) is 22.8. The number of hydrogen-bond donors (Lipinski definition) is 1. The molecule has 1 atom stereocenters. The summed E-state index contributed by atoms with van der Waals surface area (Å²) in [5.41, 5.74) is 2.18. The van der Waals surface area contributed by atoms with E-state index in [9.17, 15) is 9.59 Å². The quantitative estimate of drug-likeness (QED) is 0.819. The van der Waals surface area contributed by atoms with Crippen molar-refractivity contribution in [2.24, 2.45) is 0 Å². The molecule has 1 unspecified atom stereocenters. The van der Waals surface area contributed by atoms with Crippen molar-refractivity contribution in [1.29, 1.82) is 0 Å². The Morgan fingerprint density at radius 3 is 3.00 bits per heavy atom. The first-order chi connectivity index (χ1) is 9.28. The topological polar surface area (TPSA) is 76.9 Å². The Hall–Kier alpha value is -2.50. The number of rotatable bonds is 2. The van der Waals surface area contributed by atoms with Crippen LogP contribution in [0.25, 0.3) is 0 Å². The van der Waals surface area contributed by atoms with E-state index in [0.717, 1.165) is 17.7 Å². The van der Waals surface area contributed by atoms with Crippen LogP contribution >= 0.6 is 0 Å². The maximum absolute atomic E-state index is 12.2. The SMILES string of the molecule is O=Cc1cn(C2CCc3ccccc3NC2=O)nn1. The van der Waals surface area contributed by atoms with Gasteiger partial charge in [-0.05, 0) is 24.5 Å². The van der Waals surface area contributed by atoms with Gasteiger partial charge >= 0.3 is 0 Å². The Bertz CT molecular complexity index is 635. The molecule has 19 heavy (non-hydrogen) atoms. The molecule has 1 aromatic carbocycles. The van der Waals surface area contributed by atoms with Crippen LogP contribution in [0.4, 0.5) is 5.69 Å². The minimum atomic E-state index is -0.436. The molecule has 2 aromatic rings. The lowest BCUT2D eigenvalue weighted by Crippen LogP contribution is -2.25. The number of amides is 1. The third-order valence-corrected chi connectivity index (χ3v) is 3.23. The van der Waals surface area contributed by atoms with E-state index in [1.54, 1.807) is 0 Å². The van der Waals surface area contributed by atoms with Gasteiger partial charge in [0.15, 0.2) is 6.29 Å². The molecule has 3 rings (SSSR count). The first kappa shape index (κ1) is 11.6. The van der Waals surface area contributed by atoms with Crippen molar-refractivity contribution >= 4 is 17.9 Å². The van der Waals surface area contributed by atoms with Gasteiger partial charge in [0, 0.05) is 5.69 Å². The van der Waals surface area contributed by atoms with E-state index in [0.29, 0.717) is 12.7 Å². The summed E-state index contributed by atoms with van der Waals surface area (Å²) in [6.07, 6.45) is 3.51. The number of hydrogen-bond acceptors (Lipinski definition) is 4. The normalized spacial score (nSPS) is 18.3. The molecule has 96 valence electrons. The summed E-state index contributed by atoms with van der Waals surface area (Å²) < 4.78 is 1.45. The lowest BCUT2D eigenvalue weighted by molar-refractivity contribution is -0.119. The fourth-order valence-corrected chi connectivity index (χ4v) is 2.25. The average Bonchev–Trinajstić information content (AvgIpc) is 2.83. The highest BCUT2D eigenvalue weighted by molar-refractivity contribution is 5.95. The zero-order valence-corrected chi connectivity index (χ0v) is 10.1. The highest BCUT2D eigenvalue weighted by atomic mass is 16.2. The predicted octanol–water partition coefficient (Wildman–Crippen LogP) is 1.22. The maximum atomic E-state index is 12.2. The minimum absolute atomic E-state index is 0.132. The van der Waals surface area contributed by atoms with Gasteiger partial charge < -0.3 is 5.32 Å². The van der Waals surface area contributed by atoms with Gasteiger partial charge in [0.1, 0.15) is 11.7 Å². The molecule has 1 aliphatic rings. The number of carbonyl (C=O) groups excluding carboxylic acids is 2. The number of nitrogens with zero attached hydrogens (tertiary/aromatic N) is 3. The standard InChI is InChI=1S/C13H12N4O2/c18-8-10-7-17(16-15-10)12-6-5-9-3-1-2-4-11(9)14-13(12)19/h1-4,7-8,12H,5-6H2,(H,14,19). The summed E-state index contributed by atoms with van der Waals surface area (Å²) in [6.45, 7) is 0. The second-order valence-corrected chi connectivity index (χ2v) is 4.44. The van der Waals surface area contributed by atoms with Crippen LogP contribution in [0.5, 0.6) is 0 Å². The molecule has 1 amide bonds. The molecular formula is C13H12N4O2. The van der Waals surface area contributed by atoms with Gasteiger partial charge in [-0.1, -0.05) is 23.4 Å². The molecule has 0 bridgehead atoms. The van der Waals surface area contributed by atoms with E-state index in [4.69, 9.17) is 0 Å². The molecule has 1 N–H and O–H groups in total. The van der Waals surface area contributed by atoms with Crippen LogP contribution in [0.2, 0.25) is 0 Å². The van der Waals surface area contributed by atoms with Crippen molar-refractivity contribution in [2.75, 3.05) is 5.32 Å². The highest BCUT2D eigenvalue weighted by Gasteiger charge is 2.25. The van der Waals surface area contributed by atoms with E-state index in [2.05, 4.69) is 15.6 Å². The van der Waals surface area contributed by atoms with Crippen molar-refractivity contribution in [1.82, 2.24) is 15.0 Å². The van der Waals surface area contributed by atoms with Crippen LogP contribution in [0.1, 0.15) is 28.5 Å². The summed E-state index contributed by atoms with van der Waals surface area (Å²) in [6, 6.07) is 7.28. The third-order valence-electron chi connectivity index (χ3n) is 3.23. The number of anilines is 1. The van der Waals surface area contributed by atoms with Crippen molar-refractivity contribution in [3.05, 3.63) is 41.7 Å². The van der Waals surface area contributed by atoms with E-state index in [-0.39, 0.29) is 11.6 Å². The van der Waals surface area contributed by atoms with Gasteiger partial charge in [-0.2, -0.15) is 0 Å². The van der Waals surface area contributed by atoms with Gasteiger partial charge in [-0.25, -0.2) is 4.68 Å². The second kappa shape index (κ2) is 4.64. The van der Waals surface area contributed by atoms with Crippen molar-refractivity contribution in [3.8, 4) is 0 Å². The Balaban J connectivity index is 1.90. The average molecular weight is 256 g/mol. The predicted molar refractivity (Wildman–Crippen MR) is 67.8 cm³/mol. The maximum Gasteiger partial charge on any atom is 0.249 e. The summed E-state index contributed by atoms with van der Waals surface area (Å²) in [5, 5.41) is 10.4. The molecule has 0 fully saturated rings. The van der Waals surface area contributed by atoms with Crippen molar-refractivity contribution in [2.45, 2.75) is 18.9 Å². The summed E-state index contributed by atoms with van der Waals surface area (Å²) in [5.74, 6) is -0.132. The molecule has 0 aliphatic carbocycles. The van der Waals surface area contributed by atoms with Crippen LogP contribution in [0, 0.1) is 0 Å². The highest BCUT2D eigenvalue weighted by Crippen LogP contribution is 2.26. The lowest BCUT2D eigenvalue weighted by Gasteiger charge is -2.12. The van der Waals surface area contributed by atoms with E-state index in [1.165, 1.54) is 10.9 Å². The molecule has 2 heterocycles. The first-order valence-corrected chi connectivity index (χ1v) is 6.04. The van der Waals surface area contributed by atoms with Gasteiger partial charge in [0.2, 0.25) is 5.91 Å².